The molecule has 4 aliphatic rings. The second-order valence-corrected chi connectivity index (χ2v) is 10.7. The molecule has 35 heavy (non-hydrogen) atoms. The van der Waals surface area contributed by atoms with Gasteiger partial charge in [-0.15, -0.1) is 0 Å². The van der Waals surface area contributed by atoms with E-state index in [0.29, 0.717) is 34.1 Å². The molecular formula is C27H32N6O2. The fourth-order valence-corrected chi connectivity index (χ4v) is 6.87. The first kappa shape index (κ1) is 21.3. The number of carbonyl (C=O) groups is 1. The van der Waals surface area contributed by atoms with E-state index in [9.17, 15) is 4.79 Å². The van der Waals surface area contributed by atoms with Crippen LogP contribution in [-0.4, -0.2) is 71.2 Å². The Kier molecular flexibility index (Phi) is 5.06. The maximum absolute atomic E-state index is 13.2. The molecule has 3 saturated carbocycles. The molecule has 0 bridgehead atoms. The van der Waals surface area contributed by atoms with Crippen LogP contribution in [0.2, 0.25) is 0 Å². The molecule has 3 heterocycles. The summed E-state index contributed by atoms with van der Waals surface area (Å²) in [5.74, 6) is 2.34. The number of carbonyl (C=O) groups excluding carboxylic acids is 1. The fraction of sp³-hybridized carbons (Fsp3) is 0.519. The number of rotatable bonds is 7. The summed E-state index contributed by atoms with van der Waals surface area (Å²) in [6, 6.07) is 10.4. The number of benzene rings is 1. The molecule has 4 unspecified atom stereocenters. The molecule has 3 N–H and O–H groups in total. The Morgan fingerprint density at radius 1 is 1.14 bits per heavy atom. The lowest BCUT2D eigenvalue weighted by atomic mass is 9.67. The summed E-state index contributed by atoms with van der Waals surface area (Å²) < 4.78 is 5.41. The van der Waals surface area contributed by atoms with Gasteiger partial charge in [0.2, 0.25) is 0 Å². The minimum Gasteiger partial charge on any atom is -0.384 e. The molecular weight excluding hydrogens is 440 g/mol. The minimum absolute atomic E-state index is 0.0173. The van der Waals surface area contributed by atoms with Gasteiger partial charge in [-0.1, -0.05) is 0 Å². The van der Waals surface area contributed by atoms with Crippen molar-refractivity contribution in [2.45, 2.75) is 31.7 Å². The largest absolute Gasteiger partial charge is 0.384 e. The average Bonchev–Trinajstić information content (AvgIpc) is 3.32. The maximum Gasteiger partial charge on any atom is 0.253 e. The van der Waals surface area contributed by atoms with Crippen molar-refractivity contribution in [3.05, 3.63) is 42.1 Å². The van der Waals surface area contributed by atoms with E-state index in [1.807, 2.05) is 0 Å². The molecule has 182 valence electrons. The van der Waals surface area contributed by atoms with Gasteiger partial charge in [-0.05, 0) is 73.3 Å². The third-order valence-corrected chi connectivity index (χ3v) is 8.90. The number of fused-ring (bicyclic) bond motifs is 1. The minimum atomic E-state index is -0.0173. The van der Waals surface area contributed by atoms with Crippen molar-refractivity contribution in [2.24, 2.45) is 17.3 Å². The predicted molar refractivity (Wildman–Crippen MR) is 134 cm³/mol. The van der Waals surface area contributed by atoms with Crippen molar-refractivity contribution in [1.29, 1.82) is 0 Å². The summed E-state index contributed by atoms with van der Waals surface area (Å²) in [5, 5.41) is 6.81. The zero-order valence-electron chi connectivity index (χ0n) is 19.9. The van der Waals surface area contributed by atoms with Gasteiger partial charge < -0.3 is 20.4 Å². The number of ether oxygens (including phenoxy) is 1. The summed E-state index contributed by atoms with van der Waals surface area (Å²) >= 11 is 0. The van der Waals surface area contributed by atoms with Crippen LogP contribution >= 0.6 is 0 Å². The van der Waals surface area contributed by atoms with Gasteiger partial charge in [0.15, 0.2) is 5.65 Å². The first-order chi connectivity index (χ1) is 17.2. The first-order valence-electron chi connectivity index (χ1n) is 13.0. The van der Waals surface area contributed by atoms with Crippen molar-refractivity contribution >= 4 is 22.8 Å². The molecule has 3 aromatic rings. The van der Waals surface area contributed by atoms with Gasteiger partial charge >= 0.3 is 0 Å². The van der Waals surface area contributed by atoms with Crippen LogP contribution in [0.25, 0.3) is 22.6 Å². The molecule has 4 atom stereocenters. The lowest BCUT2D eigenvalue weighted by Gasteiger charge is -2.44. The summed E-state index contributed by atoms with van der Waals surface area (Å²) in [6.45, 7) is 5.57. The Hall–Kier alpha value is -2.97. The average molecular weight is 473 g/mol. The standard InChI is InChI=1S/C27H32N6O2/c34-26(30-22-16-27-15-18(27)3-6-21(22)27)20-7-8-29-25-23(20)31-24(32-25)17-1-4-19(5-2-17)28-9-10-33-11-13-35-14-12-33/h1-2,4-5,7-8,18,21-22,28H,3,6,9-16H2,(H,30,34)(H,29,31,32). The van der Waals surface area contributed by atoms with Gasteiger partial charge in [0.25, 0.3) is 5.91 Å². The second-order valence-electron chi connectivity index (χ2n) is 10.7. The van der Waals surface area contributed by atoms with E-state index in [2.05, 4.69) is 54.8 Å². The van der Waals surface area contributed by atoms with Crippen molar-refractivity contribution in [2.75, 3.05) is 44.7 Å². The monoisotopic (exact) mass is 472 g/mol. The molecule has 1 saturated heterocycles. The maximum atomic E-state index is 13.2. The molecule has 1 aliphatic heterocycles. The third-order valence-electron chi connectivity index (χ3n) is 8.90. The SMILES string of the molecule is O=C(NC1CC23CC2CCC13)c1ccnc2nc(-c3ccc(NCCN4CCOCC4)cc3)[nH]c12. The lowest BCUT2D eigenvalue weighted by Crippen LogP contribution is -2.52. The number of imidazole rings is 1. The topological polar surface area (TPSA) is 95.2 Å². The Morgan fingerprint density at radius 3 is 2.80 bits per heavy atom. The third kappa shape index (κ3) is 3.70. The number of morpholine rings is 1. The highest BCUT2D eigenvalue weighted by Crippen LogP contribution is 2.75. The number of nitrogens with one attached hydrogen (secondary N) is 3. The van der Waals surface area contributed by atoms with Crippen molar-refractivity contribution in [1.82, 2.24) is 25.2 Å². The number of hydrogen-bond donors (Lipinski definition) is 3. The van der Waals surface area contributed by atoms with Crippen LogP contribution in [0.4, 0.5) is 5.69 Å². The normalized spacial score (nSPS) is 29.3. The van der Waals surface area contributed by atoms with Crippen LogP contribution < -0.4 is 10.6 Å². The van der Waals surface area contributed by atoms with Gasteiger partial charge in [-0.2, -0.15) is 0 Å². The van der Waals surface area contributed by atoms with Crippen LogP contribution in [0.1, 0.15) is 36.0 Å². The lowest BCUT2D eigenvalue weighted by molar-refractivity contribution is 0.0398. The van der Waals surface area contributed by atoms with E-state index in [-0.39, 0.29) is 5.91 Å². The number of amides is 1. The Labute approximate surface area is 204 Å². The first-order valence-corrected chi connectivity index (χ1v) is 13.0. The quantitative estimate of drug-likeness (QED) is 0.489. The number of nitrogens with zero attached hydrogens (tertiary/aromatic N) is 3. The highest BCUT2D eigenvalue weighted by Gasteiger charge is 2.71. The summed E-state index contributed by atoms with van der Waals surface area (Å²) in [7, 11) is 0. The molecule has 7 rings (SSSR count). The van der Waals surface area contributed by atoms with Crippen LogP contribution in [0.5, 0.6) is 0 Å². The summed E-state index contributed by atoms with van der Waals surface area (Å²) in [5.41, 5.74) is 4.56. The summed E-state index contributed by atoms with van der Waals surface area (Å²) in [6.07, 6.45) is 6.84. The highest BCUT2D eigenvalue weighted by molar-refractivity contribution is 6.04. The van der Waals surface area contributed by atoms with E-state index in [0.717, 1.165) is 68.8 Å². The van der Waals surface area contributed by atoms with Crippen molar-refractivity contribution in [3.63, 3.8) is 0 Å². The highest BCUT2D eigenvalue weighted by atomic mass is 16.5. The second kappa shape index (κ2) is 8.31. The van der Waals surface area contributed by atoms with Crippen molar-refractivity contribution in [3.8, 4) is 11.4 Å². The van der Waals surface area contributed by atoms with E-state index in [1.54, 1.807) is 12.3 Å². The van der Waals surface area contributed by atoms with E-state index >= 15 is 0 Å². The number of anilines is 1. The predicted octanol–water partition coefficient (Wildman–Crippen LogP) is 3.29. The molecule has 1 aromatic carbocycles. The number of pyridine rings is 1. The zero-order chi connectivity index (χ0) is 23.4. The Morgan fingerprint density at radius 2 is 2.00 bits per heavy atom. The molecule has 8 nitrogen and oxygen atoms in total. The van der Waals surface area contributed by atoms with E-state index in [4.69, 9.17) is 4.74 Å². The van der Waals surface area contributed by atoms with Crippen LogP contribution in [0.3, 0.4) is 0 Å². The number of hydrogen-bond acceptors (Lipinski definition) is 6. The van der Waals surface area contributed by atoms with Crippen LogP contribution in [-0.2, 0) is 4.74 Å². The van der Waals surface area contributed by atoms with Gasteiger partial charge in [0, 0.05) is 49.7 Å². The smallest absolute Gasteiger partial charge is 0.253 e. The molecule has 1 amide bonds. The van der Waals surface area contributed by atoms with Gasteiger partial charge in [0.1, 0.15) is 5.82 Å². The fourth-order valence-electron chi connectivity index (χ4n) is 6.87. The van der Waals surface area contributed by atoms with Crippen molar-refractivity contribution < 1.29 is 9.53 Å². The van der Waals surface area contributed by atoms with E-state index in [1.165, 1.54) is 19.3 Å². The molecule has 3 aliphatic carbocycles. The summed E-state index contributed by atoms with van der Waals surface area (Å²) in [4.78, 5) is 28.0. The number of aromatic amines is 1. The molecule has 1 spiro atoms. The number of aromatic nitrogens is 3. The zero-order valence-corrected chi connectivity index (χ0v) is 19.9. The van der Waals surface area contributed by atoms with Gasteiger partial charge in [-0.25, -0.2) is 9.97 Å². The molecule has 2 aromatic heterocycles. The Bertz CT molecular complexity index is 1250. The van der Waals surface area contributed by atoms with Gasteiger partial charge in [0.05, 0.1) is 24.3 Å². The molecule has 0 radical (unpaired) electrons. The Balaban J connectivity index is 1.02. The molecule has 8 heteroatoms. The molecule has 4 fully saturated rings. The van der Waals surface area contributed by atoms with Crippen LogP contribution in [0, 0.1) is 17.3 Å². The van der Waals surface area contributed by atoms with Crippen LogP contribution in [0.15, 0.2) is 36.5 Å². The van der Waals surface area contributed by atoms with Gasteiger partial charge in [-0.3, -0.25) is 9.69 Å². The van der Waals surface area contributed by atoms with E-state index < -0.39 is 0 Å². The number of H-pyrrole nitrogens is 1.